The van der Waals surface area contributed by atoms with E-state index in [0.717, 1.165) is 24.3 Å². The molecule has 1 aliphatic rings. The number of methoxy groups -OCH3 is 1. The van der Waals surface area contributed by atoms with Crippen molar-refractivity contribution in [2.24, 2.45) is 0 Å². The SMILES string of the molecule is COCc1cc([N+](=O)[O-])ccc1N1CC(C)SC(C)C1. The molecule has 1 fully saturated rings. The van der Waals surface area contributed by atoms with Crippen LogP contribution in [0.15, 0.2) is 18.2 Å². The predicted molar refractivity (Wildman–Crippen MR) is 82.5 cm³/mol. The number of nitro groups is 1. The van der Waals surface area contributed by atoms with E-state index in [1.54, 1.807) is 19.2 Å². The molecule has 20 heavy (non-hydrogen) atoms. The Morgan fingerprint density at radius 3 is 2.60 bits per heavy atom. The number of hydrogen-bond donors (Lipinski definition) is 0. The van der Waals surface area contributed by atoms with E-state index in [-0.39, 0.29) is 10.6 Å². The fraction of sp³-hybridized carbons (Fsp3) is 0.571. The predicted octanol–water partition coefficient (Wildman–Crippen LogP) is 3.07. The van der Waals surface area contributed by atoms with Crippen molar-refractivity contribution in [2.75, 3.05) is 25.1 Å². The molecule has 1 saturated heterocycles. The molecule has 0 aliphatic carbocycles. The number of nitrogens with zero attached hydrogens (tertiary/aromatic N) is 2. The zero-order valence-electron chi connectivity index (χ0n) is 12.0. The van der Waals surface area contributed by atoms with Gasteiger partial charge in [0.25, 0.3) is 5.69 Å². The van der Waals surface area contributed by atoms with Crippen molar-refractivity contribution in [1.82, 2.24) is 0 Å². The first-order valence-corrected chi connectivity index (χ1v) is 7.62. The first-order chi connectivity index (χ1) is 9.51. The highest BCUT2D eigenvalue weighted by Crippen LogP contribution is 2.32. The number of rotatable bonds is 4. The lowest BCUT2D eigenvalue weighted by Gasteiger charge is -2.37. The summed E-state index contributed by atoms with van der Waals surface area (Å²) >= 11 is 1.99. The van der Waals surface area contributed by atoms with Gasteiger partial charge in [-0.05, 0) is 6.07 Å². The smallest absolute Gasteiger partial charge is 0.269 e. The quantitative estimate of drug-likeness (QED) is 0.631. The third-order valence-electron chi connectivity index (χ3n) is 3.33. The van der Waals surface area contributed by atoms with Gasteiger partial charge < -0.3 is 9.64 Å². The number of nitro benzene ring substituents is 1. The van der Waals surface area contributed by atoms with Crippen LogP contribution in [-0.4, -0.2) is 35.6 Å². The number of thioether (sulfide) groups is 1. The van der Waals surface area contributed by atoms with Crippen LogP contribution in [-0.2, 0) is 11.3 Å². The molecule has 2 unspecified atom stereocenters. The zero-order chi connectivity index (χ0) is 14.7. The molecule has 1 aliphatic heterocycles. The van der Waals surface area contributed by atoms with Crippen molar-refractivity contribution in [3.05, 3.63) is 33.9 Å². The Morgan fingerprint density at radius 2 is 2.05 bits per heavy atom. The minimum atomic E-state index is -0.361. The highest BCUT2D eigenvalue weighted by Gasteiger charge is 2.24. The summed E-state index contributed by atoms with van der Waals surface area (Å²) in [6, 6.07) is 5.05. The second-order valence-corrected chi connectivity index (χ2v) is 7.05. The van der Waals surface area contributed by atoms with Crippen molar-refractivity contribution in [3.63, 3.8) is 0 Å². The van der Waals surface area contributed by atoms with Crippen LogP contribution in [0.1, 0.15) is 19.4 Å². The maximum atomic E-state index is 10.9. The monoisotopic (exact) mass is 296 g/mol. The number of benzene rings is 1. The fourth-order valence-electron chi connectivity index (χ4n) is 2.64. The largest absolute Gasteiger partial charge is 0.380 e. The molecule has 0 bridgehead atoms. The number of ether oxygens (including phenoxy) is 1. The van der Waals surface area contributed by atoms with Gasteiger partial charge >= 0.3 is 0 Å². The summed E-state index contributed by atoms with van der Waals surface area (Å²) < 4.78 is 5.19. The van der Waals surface area contributed by atoms with Crippen LogP contribution in [0.3, 0.4) is 0 Å². The van der Waals surface area contributed by atoms with Crippen LogP contribution in [0.25, 0.3) is 0 Å². The molecule has 0 saturated carbocycles. The highest BCUT2D eigenvalue weighted by molar-refractivity contribution is 8.00. The van der Waals surface area contributed by atoms with Gasteiger partial charge in [-0.2, -0.15) is 11.8 Å². The maximum absolute atomic E-state index is 10.9. The standard InChI is InChI=1S/C14H20N2O3S/c1-10-7-15(8-11(2)20-10)14-5-4-13(16(17)18)6-12(14)9-19-3/h4-6,10-11H,7-9H2,1-3H3. The molecule has 0 spiro atoms. The van der Waals surface area contributed by atoms with Gasteiger partial charge in [-0.15, -0.1) is 0 Å². The van der Waals surface area contributed by atoms with E-state index in [1.807, 2.05) is 17.8 Å². The molecule has 2 atom stereocenters. The maximum Gasteiger partial charge on any atom is 0.269 e. The Bertz CT molecular complexity index is 485. The van der Waals surface area contributed by atoms with Gasteiger partial charge in [-0.25, -0.2) is 0 Å². The van der Waals surface area contributed by atoms with Crippen molar-refractivity contribution in [2.45, 2.75) is 31.0 Å². The van der Waals surface area contributed by atoms with E-state index < -0.39 is 0 Å². The second-order valence-electron chi connectivity index (χ2n) is 5.17. The number of non-ortho nitro benzene ring substituents is 1. The highest BCUT2D eigenvalue weighted by atomic mass is 32.2. The average molecular weight is 296 g/mol. The van der Waals surface area contributed by atoms with Crippen LogP contribution in [0.2, 0.25) is 0 Å². The van der Waals surface area contributed by atoms with E-state index in [9.17, 15) is 10.1 Å². The van der Waals surface area contributed by atoms with Gasteiger partial charge in [-0.1, -0.05) is 13.8 Å². The Hall–Kier alpha value is -1.27. The Kier molecular flexibility index (Phi) is 4.88. The Labute approximate surface area is 123 Å². The molecule has 1 aromatic carbocycles. The van der Waals surface area contributed by atoms with Crippen LogP contribution < -0.4 is 4.90 Å². The minimum Gasteiger partial charge on any atom is -0.380 e. The summed E-state index contributed by atoms with van der Waals surface area (Å²) in [5.41, 5.74) is 2.05. The van der Waals surface area contributed by atoms with E-state index >= 15 is 0 Å². The van der Waals surface area contributed by atoms with Gasteiger partial charge in [0, 0.05) is 54.1 Å². The van der Waals surface area contributed by atoms with E-state index in [4.69, 9.17) is 4.74 Å². The fourth-order valence-corrected chi connectivity index (χ4v) is 3.96. The van der Waals surface area contributed by atoms with Gasteiger partial charge in [-0.3, -0.25) is 10.1 Å². The van der Waals surface area contributed by atoms with Crippen LogP contribution in [0.5, 0.6) is 0 Å². The van der Waals surface area contributed by atoms with Gasteiger partial charge in [0.05, 0.1) is 11.5 Å². The van der Waals surface area contributed by atoms with Crippen molar-refractivity contribution >= 4 is 23.1 Å². The second kappa shape index (κ2) is 6.45. The first-order valence-electron chi connectivity index (χ1n) is 6.68. The lowest BCUT2D eigenvalue weighted by atomic mass is 10.1. The van der Waals surface area contributed by atoms with Crippen molar-refractivity contribution < 1.29 is 9.66 Å². The summed E-state index contributed by atoms with van der Waals surface area (Å²) in [7, 11) is 1.61. The summed E-state index contributed by atoms with van der Waals surface area (Å²) in [6.45, 7) is 6.75. The normalized spacial score (nSPS) is 22.9. The average Bonchev–Trinajstić information content (AvgIpc) is 2.37. The molecule has 6 heteroatoms. The molecule has 0 N–H and O–H groups in total. The topological polar surface area (TPSA) is 55.6 Å². The number of anilines is 1. The molecule has 0 aromatic heterocycles. The molecule has 2 rings (SSSR count). The Balaban J connectivity index is 2.32. The molecule has 0 radical (unpaired) electrons. The van der Waals surface area contributed by atoms with Crippen LogP contribution >= 0.6 is 11.8 Å². The molecule has 110 valence electrons. The molecular weight excluding hydrogens is 276 g/mol. The molecular formula is C14H20N2O3S. The zero-order valence-corrected chi connectivity index (χ0v) is 12.9. The lowest BCUT2D eigenvalue weighted by molar-refractivity contribution is -0.384. The van der Waals surface area contributed by atoms with E-state index in [0.29, 0.717) is 17.1 Å². The minimum absolute atomic E-state index is 0.119. The summed E-state index contributed by atoms with van der Waals surface area (Å²) in [5, 5.41) is 12.0. The number of hydrogen-bond acceptors (Lipinski definition) is 5. The summed E-state index contributed by atoms with van der Waals surface area (Å²) in [4.78, 5) is 12.8. The molecule has 1 aromatic rings. The van der Waals surface area contributed by atoms with E-state index in [1.165, 1.54) is 0 Å². The van der Waals surface area contributed by atoms with Crippen molar-refractivity contribution in [3.8, 4) is 0 Å². The Morgan fingerprint density at radius 1 is 1.40 bits per heavy atom. The van der Waals surface area contributed by atoms with Gasteiger partial charge in [0.1, 0.15) is 0 Å². The lowest BCUT2D eigenvalue weighted by Crippen LogP contribution is -2.40. The summed E-state index contributed by atoms with van der Waals surface area (Å²) in [5.74, 6) is 0. The van der Waals surface area contributed by atoms with Crippen LogP contribution in [0, 0.1) is 10.1 Å². The third kappa shape index (κ3) is 3.43. The van der Waals surface area contributed by atoms with E-state index in [2.05, 4.69) is 18.7 Å². The molecule has 1 heterocycles. The molecule has 0 amide bonds. The first kappa shape index (κ1) is 15.1. The third-order valence-corrected chi connectivity index (χ3v) is 4.56. The summed E-state index contributed by atoms with van der Waals surface area (Å²) in [6.07, 6.45) is 0. The van der Waals surface area contributed by atoms with Crippen LogP contribution in [0.4, 0.5) is 11.4 Å². The van der Waals surface area contributed by atoms with Gasteiger partial charge in [0.15, 0.2) is 0 Å². The van der Waals surface area contributed by atoms with Crippen molar-refractivity contribution in [1.29, 1.82) is 0 Å². The molecule has 5 nitrogen and oxygen atoms in total. The van der Waals surface area contributed by atoms with Gasteiger partial charge in [0.2, 0.25) is 0 Å².